The molecular weight excluding hydrogens is 204 g/mol. The standard InChI is InChI=1S/C12H16N2O2/c1-14-5-4-10-6-9(8-13)7-11(15-2)12(10)16-3/h6-7,14H,4-5H2,1-3H3. The van der Waals surface area contributed by atoms with E-state index in [4.69, 9.17) is 14.7 Å². The van der Waals surface area contributed by atoms with E-state index < -0.39 is 0 Å². The van der Waals surface area contributed by atoms with Gasteiger partial charge in [0.2, 0.25) is 0 Å². The molecule has 0 amide bonds. The molecule has 0 fully saturated rings. The van der Waals surface area contributed by atoms with Crippen molar-refractivity contribution in [2.45, 2.75) is 6.42 Å². The number of benzene rings is 1. The number of hydrogen-bond acceptors (Lipinski definition) is 4. The molecule has 0 heterocycles. The lowest BCUT2D eigenvalue weighted by atomic mass is 10.1. The van der Waals surface area contributed by atoms with Crippen molar-refractivity contribution in [2.24, 2.45) is 0 Å². The zero-order chi connectivity index (χ0) is 12.0. The number of ether oxygens (including phenoxy) is 2. The molecule has 1 rings (SSSR count). The second-order valence-electron chi connectivity index (χ2n) is 3.34. The van der Waals surface area contributed by atoms with Gasteiger partial charge >= 0.3 is 0 Å². The van der Waals surface area contributed by atoms with E-state index in [1.807, 2.05) is 13.1 Å². The molecule has 0 atom stereocenters. The minimum atomic E-state index is 0.587. The third-order valence-electron chi connectivity index (χ3n) is 2.33. The van der Waals surface area contributed by atoms with Gasteiger partial charge in [0.05, 0.1) is 25.9 Å². The Morgan fingerprint density at radius 1 is 1.31 bits per heavy atom. The van der Waals surface area contributed by atoms with Crippen LogP contribution in [0.5, 0.6) is 11.5 Å². The molecule has 0 aliphatic carbocycles. The molecule has 1 N–H and O–H groups in total. The zero-order valence-electron chi connectivity index (χ0n) is 9.83. The first-order valence-corrected chi connectivity index (χ1v) is 5.06. The maximum Gasteiger partial charge on any atom is 0.164 e. The van der Waals surface area contributed by atoms with Crippen LogP contribution in [-0.4, -0.2) is 27.8 Å². The van der Waals surface area contributed by atoms with Crippen molar-refractivity contribution >= 4 is 0 Å². The van der Waals surface area contributed by atoms with Crippen molar-refractivity contribution in [2.75, 3.05) is 27.8 Å². The first kappa shape index (κ1) is 12.3. The Morgan fingerprint density at radius 2 is 2.06 bits per heavy atom. The number of likely N-dealkylation sites (N-methyl/N-ethyl adjacent to an activating group) is 1. The topological polar surface area (TPSA) is 54.3 Å². The lowest BCUT2D eigenvalue weighted by Crippen LogP contribution is -2.11. The molecule has 0 saturated carbocycles. The van der Waals surface area contributed by atoms with Crippen molar-refractivity contribution < 1.29 is 9.47 Å². The molecule has 86 valence electrons. The van der Waals surface area contributed by atoms with Crippen LogP contribution in [0.1, 0.15) is 11.1 Å². The van der Waals surface area contributed by atoms with E-state index in [-0.39, 0.29) is 0 Å². The summed E-state index contributed by atoms with van der Waals surface area (Å²) in [6, 6.07) is 5.63. The number of rotatable bonds is 5. The highest BCUT2D eigenvalue weighted by Gasteiger charge is 2.11. The van der Waals surface area contributed by atoms with Gasteiger partial charge in [-0.2, -0.15) is 5.26 Å². The van der Waals surface area contributed by atoms with E-state index in [1.54, 1.807) is 20.3 Å². The summed E-state index contributed by atoms with van der Waals surface area (Å²) >= 11 is 0. The average Bonchev–Trinajstić information content (AvgIpc) is 2.34. The molecule has 0 aliphatic rings. The molecule has 0 spiro atoms. The van der Waals surface area contributed by atoms with Gasteiger partial charge < -0.3 is 14.8 Å². The Kier molecular flexibility index (Phi) is 4.62. The SMILES string of the molecule is CNCCc1cc(C#N)cc(OC)c1OC. The molecule has 4 nitrogen and oxygen atoms in total. The summed E-state index contributed by atoms with van der Waals surface area (Å²) in [4.78, 5) is 0. The number of methoxy groups -OCH3 is 2. The molecule has 0 unspecified atom stereocenters. The third-order valence-corrected chi connectivity index (χ3v) is 2.33. The molecule has 0 saturated heterocycles. The highest BCUT2D eigenvalue weighted by molar-refractivity contribution is 5.52. The minimum absolute atomic E-state index is 0.587. The molecule has 0 bridgehead atoms. The van der Waals surface area contributed by atoms with Gasteiger partial charge in [0.25, 0.3) is 0 Å². The molecule has 16 heavy (non-hydrogen) atoms. The summed E-state index contributed by atoms with van der Waals surface area (Å²) < 4.78 is 10.5. The van der Waals surface area contributed by atoms with E-state index in [0.717, 1.165) is 18.5 Å². The lowest BCUT2D eigenvalue weighted by Gasteiger charge is -2.13. The van der Waals surface area contributed by atoms with Crippen molar-refractivity contribution in [1.82, 2.24) is 5.32 Å². The van der Waals surface area contributed by atoms with Gasteiger partial charge in [0, 0.05) is 11.6 Å². The Bertz CT molecular complexity index is 397. The second kappa shape index (κ2) is 5.99. The number of nitrogens with one attached hydrogen (secondary N) is 1. The van der Waals surface area contributed by atoms with Crippen LogP contribution in [0.2, 0.25) is 0 Å². The van der Waals surface area contributed by atoms with Crippen molar-refractivity contribution in [1.29, 1.82) is 5.26 Å². The van der Waals surface area contributed by atoms with Gasteiger partial charge in [0.15, 0.2) is 11.5 Å². The van der Waals surface area contributed by atoms with Gasteiger partial charge in [0.1, 0.15) is 0 Å². The van der Waals surface area contributed by atoms with Crippen LogP contribution in [0, 0.1) is 11.3 Å². The van der Waals surface area contributed by atoms with Crippen LogP contribution >= 0.6 is 0 Å². The van der Waals surface area contributed by atoms with E-state index in [9.17, 15) is 0 Å². The molecule has 0 radical (unpaired) electrons. The van der Waals surface area contributed by atoms with Crippen molar-refractivity contribution in [3.8, 4) is 17.6 Å². The normalized spacial score (nSPS) is 9.62. The van der Waals surface area contributed by atoms with E-state index in [1.165, 1.54) is 0 Å². The molecule has 0 aliphatic heterocycles. The quantitative estimate of drug-likeness (QED) is 0.813. The zero-order valence-corrected chi connectivity index (χ0v) is 9.83. The molecular formula is C12H16N2O2. The van der Waals surface area contributed by atoms with Gasteiger partial charge in [-0.1, -0.05) is 0 Å². The van der Waals surface area contributed by atoms with Crippen molar-refractivity contribution in [3.63, 3.8) is 0 Å². The Hall–Kier alpha value is -1.73. The predicted molar refractivity (Wildman–Crippen MR) is 61.9 cm³/mol. The maximum absolute atomic E-state index is 8.91. The second-order valence-corrected chi connectivity index (χ2v) is 3.34. The van der Waals surface area contributed by atoms with Crippen LogP contribution < -0.4 is 14.8 Å². The number of nitriles is 1. The van der Waals surface area contributed by atoms with Crippen LogP contribution in [0.15, 0.2) is 12.1 Å². The summed E-state index contributed by atoms with van der Waals surface area (Å²) in [5.41, 5.74) is 1.57. The predicted octanol–water partition coefficient (Wildman–Crippen LogP) is 1.34. The number of hydrogen-bond donors (Lipinski definition) is 1. The fourth-order valence-corrected chi connectivity index (χ4v) is 1.55. The van der Waals surface area contributed by atoms with E-state index in [0.29, 0.717) is 17.1 Å². The fourth-order valence-electron chi connectivity index (χ4n) is 1.55. The highest BCUT2D eigenvalue weighted by Crippen LogP contribution is 2.32. The van der Waals surface area contributed by atoms with Crippen molar-refractivity contribution in [3.05, 3.63) is 23.3 Å². The van der Waals surface area contributed by atoms with Gasteiger partial charge in [-0.05, 0) is 26.1 Å². The van der Waals surface area contributed by atoms with Gasteiger partial charge in [-0.15, -0.1) is 0 Å². The summed E-state index contributed by atoms with van der Waals surface area (Å²) in [6.07, 6.45) is 0.797. The van der Waals surface area contributed by atoms with E-state index >= 15 is 0 Å². The smallest absolute Gasteiger partial charge is 0.164 e. The first-order valence-electron chi connectivity index (χ1n) is 5.06. The first-order chi connectivity index (χ1) is 7.76. The Labute approximate surface area is 95.8 Å². The fraction of sp³-hybridized carbons (Fsp3) is 0.417. The summed E-state index contributed by atoms with van der Waals surface area (Å²) in [7, 11) is 5.06. The number of nitrogens with zero attached hydrogens (tertiary/aromatic N) is 1. The average molecular weight is 220 g/mol. The van der Waals surface area contributed by atoms with Crippen LogP contribution in [-0.2, 0) is 6.42 Å². The monoisotopic (exact) mass is 220 g/mol. The van der Waals surface area contributed by atoms with Gasteiger partial charge in [-0.25, -0.2) is 0 Å². The Morgan fingerprint density at radius 3 is 2.56 bits per heavy atom. The van der Waals surface area contributed by atoms with Crippen LogP contribution in [0.4, 0.5) is 0 Å². The van der Waals surface area contributed by atoms with E-state index in [2.05, 4.69) is 11.4 Å². The third kappa shape index (κ3) is 2.65. The lowest BCUT2D eigenvalue weighted by molar-refractivity contribution is 0.351. The summed E-state index contributed by atoms with van der Waals surface area (Å²) in [5.74, 6) is 1.31. The molecule has 4 heteroatoms. The summed E-state index contributed by atoms with van der Waals surface area (Å²) in [5, 5.41) is 12.0. The summed E-state index contributed by atoms with van der Waals surface area (Å²) in [6.45, 7) is 0.828. The minimum Gasteiger partial charge on any atom is -0.493 e. The Balaban J connectivity index is 3.16. The molecule has 1 aromatic carbocycles. The largest absolute Gasteiger partial charge is 0.493 e. The molecule has 1 aromatic rings. The maximum atomic E-state index is 8.91. The van der Waals surface area contributed by atoms with Gasteiger partial charge in [-0.3, -0.25) is 0 Å². The van der Waals surface area contributed by atoms with Crippen LogP contribution in [0.3, 0.4) is 0 Å². The van der Waals surface area contributed by atoms with Crippen LogP contribution in [0.25, 0.3) is 0 Å². The molecule has 0 aromatic heterocycles. The highest BCUT2D eigenvalue weighted by atomic mass is 16.5.